The lowest BCUT2D eigenvalue weighted by Gasteiger charge is -2.26. The van der Waals surface area contributed by atoms with Gasteiger partial charge in [-0.1, -0.05) is 49.7 Å². The van der Waals surface area contributed by atoms with Gasteiger partial charge < -0.3 is 19.3 Å². The predicted molar refractivity (Wildman–Crippen MR) is 147 cm³/mol. The van der Waals surface area contributed by atoms with Crippen LogP contribution in [0.25, 0.3) is 5.76 Å². The lowest BCUT2D eigenvalue weighted by molar-refractivity contribution is -0.132. The van der Waals surface area contributed by atoms with Crippen LogP contribution in [0, 0.1) is 0 Å². The van der Waals surface area contributed by atoms with Crippen LogP contribution in [0.1, 0.15) is 49.4 Å². The Labute approximate surface area is 227 Å². The maximum absolute atomic E-state index is 13.6. The summed E-state index contributed by atoms with van der Waals surface area (Å²) in [7, 11) is 2.86. The number of aliphatic hydroxyl groups is 1. The summed E-state index contributed by atoms with van der Waals surface area (Å²) in [5.41, 5.74) is 2.32. The summed E-state index contributed by atoms with van der Waals surface area (Å²) in [6.07, 6.45) is 0. The standard InChI is InChI=1S/C30H30ClNO6/c1-6-38-21-9-7-8-19(14-21)27-26(28(33)22-15-25(37-5)23(31)16-24(22)36-4)29(34)30(35)32(27)20-12-10-18(11-13-20)17(2)3/h7-17,27,33H,6H2,1-5H3/b28-26+. The van der Waals surface area contributed by atoms with Gasteiger partial charge in [0.15, 0.2) is 0 Å². The third-order valence-electron chi connectivity index (χ3n) is 6.50. The van der Waals surface area contributed by atoms with Gasteiger partial charge in [-0.05, 0) is 54.3 Å². The smallest absolute Gasteiger partial charge is 0.300 e. The molecule has 1 saturated heterocycles. The monoisotopic (exact) mass is 535 g/mol. The number of halogens is 1. The minimum Gasteiger partial charge on any atom is -0.507 e. The van der Waals surface area contributed by atoms with Gasteiger partial charge >= 0.3 is 0 Å². The van der Waals surface area contributed by atoms with Crippen LogP contribution in [0.5, 0.6) is 17.2 Å². The molecule has 1 amide bonds. The Balaban J connectivity index is 1.97. The highest BCUT2D eigenvalue weighted by molar-refractivity contribution is 6.51. The predicted octanol–water partition coefficient (Wildman–Crippen LogP) is 6.51. The van der Waals surface area contributed by atoms with Crippen molar-refractivity contribution in [1.29, 1.82) is 0 Å². The molecule has 0 bridgehead atoms. The van der Waals surface area contributed by atoms with Crippen molar-refractivity contribution >= 4 is 34.7 Å². The van der Waals surface area contributed by atoms with Crippen LogP contribution in [-0.4, -0.2) is 37.6 Å². The minimum absolute atomic E-state index is 0.0840. The number of hydrogen-bond donors (Lipinski definition) is 1. The zero-order valence-electron chi connectivity index (χ0n) is 21.9. The number of carbonyl (C=O) groups excluding carboxylic acids is 2. The summed E-state index contributed by atoms with van der Waals surface area (Å²) in [6, 6.07) is 16.7. The van der Waals surface area contributed by atoms with Gasteiger partial charge in [-0.2, -0.15) is 0 Å². The Morgan fingerprint density at radius 2 is 1.68 bits per heavy atom. The molecule has 0 aromatic heterocycles. The lowest BCUT2D eigenvalue weighted by atomic mass is 9.94. The maximum Gasteiger partial charge on any atom is 0.300 e. The molecule has 38 heavy (non-hydrogen) atoms. The van der Waals surface area contributed by atoms with Crippen molar-refractivity contribution < 1.29 is 28.9 Å². The molecular weight excluding hydrogens is 506 g/mol. The van der Waals surface area contributed by atoms with Crippen molar-refractivity contribution in [3.63, 3.8) is 0 Å². The normalized spacial score (nSPS) is 16.7. The number of aliphatic hydroxyl groups excluding tert-OH is 1. The number of benzene rings is 3. The molecule has 1 aliphatic heterocycles. The quantitative estimate of drug-likeness (QED) is 0.201. The average molecular weight is 536 g/mol. The van der Waals surface area contributed by atoms with Crippen molar-refractivity contribution in [2.45, 2.75) is 32.7 Å². The highest BCUT2D eigenvalue weighted by Gasteiger charge is 2.47. The second-order valence-electron chi connectivity index (χ2n) is 9.11. The first kappa shape index (κ1) is 27.1. The van der Waals surface area contributed by atoms with E-state index in [9.17, 15) is 14.7 Å². The lowest BCUT2D eigenvalue weighted by Crippen LogP contribution is -2.29. The zero-order valence-corrected chi connectivity index (χ0v) is 22.7. The topological polar surface area (TPSA) is 85.3 Å². The first-order chi connectivity index (χ1) is 18.2. The van der Waals surface area contributed by atoms with E-state index in [1.807, 2.05) is 31.2 Å². The molecule has 1 unspecified atom stereocenters. The van der Waals surface area contributed by atoms with Crippen LogP contribution < -0.4 is 19.1 Å². The van der Waals surface area contributed by atoms with Gasteiger partial charge in [-0.25, -0.2) is 0 Å². The first-order valence-electron chi connectivity index (χ1n) is 12.3. The van der Waals surface area contributed by atoms with Crippen molar-refractivity contribution in [3.05, 3.63) is 87.9 Å². The van der Waals surface area contributed by atoms with Crippen LogP contribution in [-0.2, 0) is 9.59 Å². The van der Waals surface area contributed by atoms with Gasteiger partial charge in [-0.3, -0.25) is 14.5 Å². The molecule has 1 heterocycles. The summed E-state index contributed by atoms with van der Waals surface area (Å²) in [4.78, 5) is 28.5. The van der Waals surface area contributed by atoms with Crippen LogP contribution in [0.2, 0.25) is 5.02 Å². The van der Waals surface area contributed by atoms with E-state index >= 15 is 0 Å². The minimum atomic E-state index is -0.924. The fraction of sp³-hybridized carbons (Fsp3) is 0.267. The Hall–Kier alpha value is -3.97. The second-order valence-corrected chi connectivity index (χ2v) is 9.52. The van der Waals surface area contributed by atoms with Gasteiger partial charge in [0.2, 0.25) is 0 Å². The van der Waals surface area contributed by atoms with Crippen molar-refractivity contribution in [2.75, 3.05) is 25.7 Å². The van der Waals surface area contributed by atoms with Gasteiger partial charge in [0.1, 0.15) is 23.0 Å². The SMILES string of the molecule is CCOc1cccc(C2/C(=C(\O)c3cc(OC)c(Cl)cc3OC)C(=O)C(=O)N2c2ccc(C(C)C)cc2)c1. The number of ketones is 1. The number of hydrogen-bond acceptors (Lipinski definition) is 6. The molecule has 4 rings (SSSR count). The molecule has 0 radical (unpaired) electrons. The summed E-state index contributed by atoms with van der Waals surface area (Å²) in [5.74, 6) is -0.593. The fourth-order valence-corrected chi connectivity index (χ4v) is 4.80. The molecule has 8 heteroatoms. The molecular formula is C30H30ClNO6. The Kier molecular flexibility index (Phi) is 7.97. The number of carbonyl (C=O) groups is 2. The third-order valence-corrected chi connectivity index (χ3v) is 6.79. The number of anilines is 1. The molecule has 0 saturated carbocycles. The van der Waals surface area contributed by atoms with Crippen molar-refractivity contribution in [3.8, 4) is 17.2 Å². The zero-order chi connectivity index (χ0) is 27.6. The van der Waals surface area contributed by atoms with E-state index in [0.717, 1.165) is 5.56 Å². The molecule has 1 fully saturated rings. The highest BCUT2D eigenvalue weighted by Crippen LogP contribution is 2.45. The second kappa shape index (κ2) is 11.2. The summed E-state index contributed by atoms with van der Waals surface area (Å²) >= 11 is 6.26. The largest absolute Gasteiger partial charge is 0.507 e. The third kappa shape index (κ3) is 4.94. The Bertz CT molecular complexity index is 1400. The number of Topliss-reactive ketones (excluding diaryl/α,β-unsaturated/α-hetero) is 1. The number of methoxy groups -OCH3 is 2. The van der Waals surface area contributed by atoms with E-state index in [0.29, 0.717) is 29.5 Å². The molecule has 3 aromatic rings. The number of nitrogens with zero attached hydrogens (tertiary/aromatic N) is 1. The van der Waals surface area contributed by atoms with Crippen LogP contribution in [0.3, 0.4) is 0 Å². The van der Waals surface area contributed by atoms with E-state index in [1.165, 1.54) is 31.3 Å². The number of ether oxygens (including phenoxy) is 3. The van der Waals surface area contributed by atoms with Crippen molar-refractivity contribution in [2.24, 2.45) is 0 Å². The van der Waals surface area contributed by atoms with Crippen LogP contribution in [0.4, 0.5) is 5.69 Å². The van der Waals surface area contributed by atoms with E-state index in [2.05, 4.69) is 13.8 Å². The fourth-order valence-electron chi connectivity index (χ4n) is 4.57. The molecule has 7 nitrogen and oxygen atoms in total. The van der Waals surface area contributed by atoms with E-state index < -0.39 is 23.5 Å². The molecule has 3 aromatic carbocycles. The maximum atomic E-state index is 13.6. The van der Waals surface area contributed by atoms with Crippen LogP contribution in [0.15, 0.2) is 66.2 Å². The van der Waals surface area contributed by atoms with Crippen LogP contribution >= 0.6 is 11.6 Å². The molecule has 0 aliphatic carbocycles. The molecule has 1 aliphatic rings. The molecule has 1 atom stereocenters. The Morgan fingerprint density at radius 3 is 2.29 bits per heavy atom. The van der Waals surface area contributed by atoms with Gasteiger partial charge in [0.05, 0.1) is 43.0 Å². The molecule has 1 N–H and O–H groups in total. The summed E-state index contributed by atoms with van der Waals surface area (Å²) in [6.45, 7) is 6.47. The average Bonchev–Trinajstić information content (AvgIpc) is 3.18. The van der Waals surface area contributed by atoms with Crippen molar-refractivity contribution in [1.82, 2.24) is 0 Å². The van der Waals surface area contributed by atoms with E-state index in [4.69, 9.17) is 25.8 Å². The summed E-state index contributed by atoms with van der Waals surface area (Å²) in [5, 5.41) is 11.9. The molecule has 198 valence electrons. The van der Waals surface area contributed by atoms with Gasteiger partial charge in [-0.15, -0.1) is 0 Å². The van der Waals surface area contributed by atoms with Gasteiger partial charge in [0, 0.05) is 11.8 Å². The summed E-state index contributed by atoms with van der Waals surface area (Å²) < 4.78 is 16.4. The highest BCUT2D eigenvalue weighted by atomic mass is 35.5. The van der Waals surface area contributed by atoms with E-state index in [1.54, 1.807) is 24.3 Å². The first-order valence-corrected chi connectivity index (χ1v) is 12.6. The van der Waals surface area contributed by atoms with Gasteiger partial charge in [0.25, 0.3) is 11.7 Å². The number of amides is 1. The Morgan fingerprint density at radius 1 is 1.00 bits per heavy atom. The van der Waals surface area contributed by atoms with E-state index in [-0.39, 0.29) is 27.7 Å². The molecule has 0 spiro atoms. The number of rotatable bonds is 8.